The minimum Gasteiger partial charge on any atom is -0.475 e. The number of anilines is 3. The maximum absolute atomic E-state index is 14.5. The summed E-state index contributed by atoms with van der Waals surface area (Å²) < 4.78 is 48.0. The van der Waals surface area contributed by atoms with Crippen LogP contribution in [-0.4, -0.2) is 81.8 Å². The van der Waals surface area contributed by atoms with Gasteiger partial charge in [0, 0.05) is 68.1 Å². The predicted molar refractivity (Wildman–Crippen MR) is 132 cm³/mol. The normalized spacial score (nSPS) is 17.7. The molecule has 0 radical (unpaired) electrons. The monoisotopic (exact) mass is 537 g/mol. The first-order valence-corrected chi connectivity index (χ1v) is 11.8. The number of urea groups is 1. The summed E-state index contributed by atoms with van der Waals surface area (Å²) in [5.41, 5.74) is 3.63. The summed E-state index contributed by atoms with van der Waals surface area (Å²) in [6, 6.07) is 3.44. The van der Waals surface area contributed by atoms with Crippen LogP contribution < -0.4 is 15.1 Å². The fourth-order valence-electron chi connectivity index (χ4n) is 4.45. The highest BCUT2D eigenvalue weighted by Crippen LogP contribution is 2.35. The van der Waals surface area contributed by atoms with E-state index in [4.69, 9.17) is 9.90 Å². The fourth-order valence-corrected chi connectivity index (χ4v) is 4.45. The van der Waals surface area contributed by atoms with Gasteiger partial charge in [0.15, 0.2) is 5.82 Å². The van der Waals surface area contributed by atoms with Crippen LogP contribution in [0.2, 0.25) is 0 Å². The van der Waals surface area contributed by atoms with Crippen LogP contribution in [0.25, 0.3) is 5.65 Å². The number of hydrogen-bond acceptors (Lipinski definition) is 6. The Balaban J connectivity index is 0.000000426. The lowest BCUT2D eigenvalue weighted by Crippen LogP contribution is -2.50. The van der Waals surface area contributed by atoms with Crippen LogP contribution in [0.5, 0.6) is 0 Å². The molecule has 2 amide bonds. The van der Waals surface area contributed by atoms with Crippen LogP contribution in [0.15, 0.2) is 30.7 Å². The van der Waals surface area contributed by atoms with Crippen molar-refractivity contribution in [1.82, 2.24) is 19.3 Å². The van der Waals surface area contributed by atoms with Crippen LogP contribution in [-0.2, 0) is 11.2 Å². The number of carbonyl (C=O) groups is 2. The number of imidazole rings is 1. The highest BCUT2D eigenvalue weighted by atomic mass is 19.4. The van der Waals surface area contributed by atoms with Crippen LogP contribution in [0.3, 0.4) is 0 Å². The van der Waals surface area contributed by atoms with Gasteiger partial charge in [-0.2, -0.15) is 13.2 Å². The number of alkyl halides is 3. The molecule has 0 aromatic carbocycles. The molecule has 0 bridgehead atoms. The SMILES string of the molecule is Cc1cn2cc(NC(=O)N3CCc4c(N5CCN(C)[C@H](C)C5)ccnc43)c(F)cc2n1.O=C(O)C(F)(F)F. The van der Waals surface area contributed by atoms with E-state index < -0.39 is 18.0 Å². The number of carboxylic acid groups (broad SMARTS) is 1. The third kappa shape index (κ3) is 5.64. The van der Waals surface area contributed by atoms with Crippen LogP contribution in [0.1, 0.15) is 18.2 Å². The van der Waals surface area contributed by atoms with Gasteiger partial charge in [0.05, 0.1) is 11.4 Å². The van der Waals surface area contributed by atoms with Gasteiger partial charge in [-0.1, -0.05) is 0 Å². The zero-order valence-corrected chi connectivity index (χ0v) is 21.0. The zero-order chi connectivity index (χ0) is 27.8. The molecule has 2 aliphatic rings. The van der Waals surface area contributed by atoms with E-state index in [2.05, 4.69) is 39.1 Å². The van der Waals surface area contributed by atoms with Gasteiger partial charge in [-0.25, -0.2) is 23.9 Å². The van der Waals surface area contributed by atoms with Crippen molar-refractivity contribution in [2.75, 3.05) is 48.3 Å². The summed E-state index contributed by atoms with van der Waals surface area (Å²) in [6.45, 7) is 7.46. The Morgan fingerprint density at radius 3 is 2.55 bits per heavy atom. The molecule has 1 fully saturated rings. The molecule has 0 saturated carbocycles. The Labute approximate surface area is 215 Å². The van der Waals surface area contributed by atoms with Crippen LogP contribution in [0, 0.1) is 12.7 Å². The molecule has 2 N–H and O–H groups in total. The second-order valence-corrected chi connectivity index (χ2v) is 9.23. The number of aliphatic carboxylic acids is 1. The van der Waals surface area contributed by atoms with Crippen molar-refractivity contribution in [3.63, 3.8) is 0 Å². The number of aromatic nitrogens is 3. The van der Waals surface area contributed by atoms with Crippen LogP contribution >= 0.6 is 0 Å². The number of likely N-dealkylation sites (N-methyl/N-ethyl adjacent to an activating group) is 1. The van der Waals surface area contributed by atoms with Gasteiger partial charge in [-0.3, -0.25) is 4.90 Å². The van der Waals surface area contributed by atoms with E-state index in [-0.39, 0.29) is 11.7 Å². The molecule has 14 heteroatoms. The lowest BCUT2D eigenvalue weighted by Gasteiger charge is -2.39. The first-order valence-electron chi connectivity index (χ1n) is 11.8. The lowest BCUT2D eigenvalue weighted by atomic mass is 10.1. The fraction of sp³-hybridized carbons (Fsp3) is 0.417. The van der Waals surface area contributed by atoms with Crippen molar-refractivity contribution in [3.8, 4) is 0 Å². The maximum atomic E-state index is 14.5. The summed E-state index contributed by atoms with van der Waals surface area (Å²) in [4.78, 5) is 37.0. The molecule has 0 aliphatic carbocycles. The van der Waals surface area contributed by atoms with E-state index in [9.17, 15) is 22.4 Å². The summed E-state index contributed by atoms with van der Waals surface area (Å²) in [7, 11) is 2.15. The van der Waals surface area contributed by atoms with E-state index in [0.29, 0.717) is 24.1 Å². The van der Waals surface area contributed by atoms with Crippen molar-refractivity contribution in [2.24, 2.45) is 0 Å². The van der Waals surface area contributed by atoms with Gasteiger partial charge in [-0.15, -0.1) is 0 Å². The van der Waals surface area contributed by atoms with Gasteiger partial charge in [0.2, 0.25) is 0 Å². The minimum atomic E-state index is -5.08. The number of halogens is 4. The third-order valence-electron chi connectivity index (χ3n) is 6.54. The van der Waals surface area contributed by atoms with Crippen molar-refractivity contribution >= 4 is 34.8 Å². The second-order valence-electron chi connectivity index (χ2n) is 9.23. The molecular weight excluding hydrogens is 510 g/mol. The van der Waals surface area contributed by atoms with Crippen LogP contribution in [0.4, 0.5) is 39.5 Å². The Bertz CT molecular complexity index is 1360. The van der Waals surface area contributed by atoms with Gasteiger partial charge in [-0.05, 0) is 33.4 Å². The van der Waals surface area contributed by atoms with Crippen molar-refractivity contribution in [2.45, 2.75) is 32.5 Å². The number of rotatable bonds is 2. The number of aryl methyl sites for hydroxylation is 1. The van der Waals surface area contributed by atoms with Gasteiger partial charge in [0.25, 0.3) is 0 Å². The molecule has 1 saturated heterocycles. The number of nitrogens with zero attached hydrogens (tertiary/aromatic N) is 6. The van der Waals surface area contributed by atoms with E-state index in [1.807, 2.05) is 13.0 Å². The Morgan fingerprint density at radius 2 is 1.89 bits per heavy atom. The second kappa shape index (κ2) is 10.4. The molecule has 0 unspecified atom stereocenters. The first kappa shape index (κ1) is 27.1. The Morgan fingerprint density at radius 1 is 1.18 bits per heavy atom. The first-order chi connectivity index (χ1) is 17.8. The largest absolute Gasteiger partial charge is 0.490 e. The molecule has 38 heavy (non-hydrogen) atoms. The maximum Gasteiger partial charge on any atom is 0.490 e. The number of hydrogen-bond donors (Lipinski definition) is 2. The topological polar surface area (TPSA) is 106 Å². The number of carbonyl (C=O) groups excluding carboxylic acids is 1. The van der Waals surface area contributed by atoms with E-state index in [1.54, 1.807) is 27.9 Å². The molecule has 2 aliphatic heterocycles. The number of piperazine rings is 1. The number of pyridine rings is 2. The Kier molecular flexibility index (Phi) is 7.44. The van der Waals surface area contributed by atoms with Crippen molar-refractivity contribution in [1.29, 1.82) is 0 Å². The van der Waals surface area contributed by atoms with E-state index >= 15 is 0 Å². The molecule has 3 aromatic heterocycles. The molecule has 204 valence electrons. The van der Waals surface area contributed by atoms with Gasteiger partial charge in [0.1, 0.15) is 11.5 Å². The molecule has 0 spiro atoms. The third-order valence-corrected chi connectivity index (χ3v) is 6.54. The molecule has 1 atom stereocenters. The molecular formula is C24H27F4N7O3. The summed E-state index contributed by atoms with van der Waals surface area (Å²) >= 11 is 0. The highest BCUT2D eigenvalue weighted by molar-refractivity contribution is 6.03. The Hall–Kier alpha value is -3.94. The van der Waals surface area contributed by atoms with Gasteiger partial charge < -0.3 is 24.6 Å². The smallest absolute Gasteiger partial charge is 0.475 e. The molecule has 3 aromatic rings. The number of nitrogens with one attached hydrogen (secondary N) is 1. The average Bonchev–Trinajstić information content (AvgIpc) is 3.43. The standard InChI is InChI=1S/C22H26FN7O.C2HF3O2/c1-14-11-29-13-18(17(23)10-20(29)25-14)26-22(31)30-7-5-16-19(4-6-24-21(16)30)28-9-8-27(3)15(2)12-28;3-2(4,5)1(6)7/h4,6,10-11,13,15H,5,7-9,12H2,1-3H3,(H,26,31);(H,6,7)/t15-;/m1./s1. The summed E-state index contributed by atoms with van der Waals surface area (Å²) in [6.07, 6.45) is 0.744. The number of fused-ring (bicyclic) bond motifs is 2. The molecule has 5 heterocycles. The van der Waals surface area contributed by atoms with E-state index in [0.717, 1.165) is 43.0 Å². The zero-order valence-electron chi connectivity index (χ0n) is 21.0. The minimum absolute atomic E-state index is 0.118. The summed E-state index contributed by atoms with van der Waals surface area (Å²) in [5.74, 6) is -2.62. The van der Waals surface area contributed by atoms with Gasteiger partial charge >= 0.3 is 18.2 Å². The number of carboxylic acids is 1. The quantitative estimate of drug-likeness (QED) is 0.482. The van der Waals surface area contributed by atoms with E-state index in [1.165, 1.54) is 6.07 Å². The molecule has 5 rings (SSSR count). The number of amides is 2. The predicted octanol–water partition coefficient (Wildman–Crippen LogP) is 3.55. The van der Waals surface area contributed by atoms with Crippen molar-refractivity contribution in [3.05, 3.63) is 47.8 Å². The lowest BCUT2D eigenvalue weighted by molar-refractivity contribution is -0.192. The highest BCUT2D eigenvalue weighted by Gasteiger charge is 2.38. The average molecular weight is 538 g/mol. The van der Waals surface area contributed by atoms with Crippen molar-refractivity contribution < 1.29 is 32.3 Å². The molecule has 10 nitrogen and oxygen atoms in total. The summed E-state index contributed by atoms with van der Waals surface area (Å²) in [5, 5.41) is 9.83.